The summed E-state index contributed by atoms with van der Waals surface area (Å²) < 4.78 is 5.53. The first kappa shape index (κ1) is 10.2. The zero-order chi connectivity index (χ0) is 11.2. The summed E-state index contributed by atoms with van der Waals surface area (Å²) in [6, 6.07) is -0.146. The van der Waals surface area contributed by atoms with E-state index in [1.54, 1.807) is 0 Å². The normalized spacial score (nSPS) is 40.7. The molecular formula is C13H17NO2. The minimum Gasteiger partial charge on any atom is -0.378 e. The van der Waals surface area contributed by atoms with E-state index in [2.05, 4.69) is 11.2 Å². The highest BCUT2D eigenvalue weighted by Crippen LogP contribution is 2.75. The van der Waals surface area contributed by atoms with Crippen molar-refractivity contribution in [1.82, 2.24) is 5.32 Å². The summed E-state index contributed by atoms with van der Waals surface area (Å²) in [6.07, 6.45) is 10.8. The topological polar surface area (TPSA) is 38.3 Å². The molecule has 0 radical (unpaired) electrons. The zero-order valence-corrected chi connectivity index (χ0v) is 9.37. The molecule has 0 bridgehead atoms. The first-order chi connectivity index (χ1) is 7.74. The molecule has 3 nitrogen and oxygen atoms in total. The number of amides is 1. The standard InChI is InChI=1S/C13H17NO2/c1-2-10(6-11-4-3-5-16-11)14-12(15)13-7-9(13)8-13/h1,9-11H,3-8H2,(H,14,15). The largest absolute Gasteiger partial charge is 0.378 e. The minimum atomic E-state index is -0.146. The fourth-order valence-corrected chi connectivity index (χ4v) is 2.64. The SMILES string of the molecule is C#CC(CC1CCCO1)NC(=O)C12CC1C2. The van der Waals surface area contributed by atoms with Crippen LogP contribution in [-0.2, 0) is 9.53 Å². The Balaban J connectivity index is 1.50. The van der Waals surface area contributed by atoms with E-state index in [4.69, 9.17) is 11.2 Å². The van der Waals surface area contributed by atoms with Crippen LogP contribution in [-0.4, -0.2) is 24.7 Å². The van der Waals surface area contributed by atoms with Crippen molar-refractivity contribution in [3.63, 3.8) is 0 Å². The van der Waals surface area contributed by atoms with Crippen LogP contribution in [0.3, 0.4) is 0 Å². The van der Waals surface area contributed by atoms with Gasteiger partial charge in [-0.05, 0) is 31.6 Å². The average Bonchev–Trinajstić information content (AvgIpc) is 3.06. The number of rotatable bonds is 4. The maximum atomic E-state index is 11.9. The van der Waals surface area contributed by atoms with Crippen LogP contribution in [0.5, 0.6) is 0 Å². The van der Waals surface area contributed by atoms with Gasteiger partial charge in [-0.1, -0.05) is 5.92 Å². The molecule has 0 spiro atoms. The van der Waals surface area contributed by atoms with E-state index in [-0.39, 0.29) is 23.5 Å². The molecule has 1 heterocycles. The molecule has 3 rings (SSSR count). The summed E-state index contributed by atoms with van der Waals surface area (Å²) in [5, 5.41) is 2.98. The fraction of sp³-hybridized carbons (Fsp3) is 0.769. The molecule has 2 aliphatic carbocycles. The maximum Gasteiger partial charge on any atom is 0.227 e. The number of hydrogen-bond acceptors (Lipinski definition) is 2. The van der Waals surface area contributed by atoms with Gasteiger partial charge in [0.25, 0.3) is 0 Å². The van der Waals surface area contributed by atoms with E-state index in [0.717, 1.165) is 38.7 Å². The van der Waals surface area contributed by atoms with Crippen LogP contribution in [0.15, 0.2) is 0 Å². The lowest BCUT2D eigenvalue weighted by Gasteiger charge is -2.17. The van der Waals surface area contributed by atoms with Crippen molar-refractivity contribution >= 4 is 5.91 Å². The van der Waals surface area contributed by atoms with E-state index < -0.39 is 0 Å². The molecule has 3 fully saturated rings. The molecule has 86 valence electrons. The quantitative estimate of drug-likeness (QED) is 0.719. The highest BCUT2D eigenvalue weighted by atomic mass is 16.5. The second-order valence-corrected chi connectivity index (χ2v) is 5.32. The second-order valence-electron chi connectivity index (χ2n) is 5.32. The smallest absolute Gasteiger partial charge is 0.227 e. The number of nitrogens with one attached hydrogen (secondary N) is 1. The molecule has 1 N–H and O–H groups in total. The molecule has 2 unspecified atom stereocenters. The highest BCUT2D eigenvalue weighted by molar-refractivity contribution is 5.90. The van der Waals surface area contributed by atoms with Gasteiger partial charge in [0.1, 0.15) is 0 Å². The number of terminal acetylenes is 1. The lowest BCUT2D eigenvalue weighted by Crippen LogP contribution is -2.38. The average molecular weight is 219 g/mol. The Kier molecular flexibility index (Phi) is 2.22. The van der Waals surface area contributed by atoms with Gasteiger partial charge in [0.05, 0.1) is 17.6 Å². The van der Waals surface area contributed by atoms with Crippen molar-refractivity contribution in [2.75, 3.05) is 6.61 Å². The van der Waals surface area contributed by atoms with Crippen molar-refractivity contribution in [2.24, 2.45) is 11.3 Å². The predicted molar refractivity (Wildman–Crippen MR) is 59.5 cm³/mol. The van der Waals surface area contributed by atoms with Crippen LogP contribution in [0.2, 0.25) is 0 Å². The molecule has 0 aromatic heterocycles. The van der Waals surface area contributed by atoms with Gasteiger partial charge in [-0.2, -0.15) is 0 Å². The summed E-state index contributed by atoms with van der Waals surface area (Å²) in [7, 11) is 0. The van der Waals surface area contributed by atoms with Crippen LogP contribution in [0, 0.1) is 23.7 Å². The third-order valence-electron chi connectivity index (χ3n) is 4.16. The number of carbonyl (C=O) groups is 1. The van der Waals surface area contributed by atoms with Crippen molar-refractivity contribution in [3.8, 4) is 12.3 Å². The highest BCUT2D eigenvalue weighted by Gasteiger charge is 2.74. The Hall–Kier alpha value is -1.01. The predicted octanol–water partition coefficient (Wildman–Crippen LogP) is 1.08. The van der Waals surface area contributed by atoms with Gasteiger partial charge in [0, 0.05) is 13.0 Å². The Morgan fingerprint density at radius 1 is 1.62 bits per heavy atom. The molecule has 1 saturated heterocycles. The summed E-state index contributed by atoms with van der Waals surface area (Å²) >= 11 is 0. The van der Waals surface area contributed by atoms with E-state index >= 15 is 0 Å². The van der Waals surface area contributed by atoms with Gasteiger partial charge >= 0.3 is 0 Å². The van der Waals surface area contributed by atoms with E-state index in [0.29, 0.717) is 5.92 Å². The Labute approximate surface area is 95.9 Å². The fourth-order valence-electron chi connectivity index (χ4n) is 2.64. The number of ether oxygens (including phenoxy) is 1. The van der Waals surface area contributed by atoms with E-state index in [9.17, 15) is 4.79 Å². The summed E-state index contributed by atoms with van der Waals surface area (Å²) in [5.74, 6) is 3.52. The van der Waals surface area contributed by atoms with Crippen LogP contribution in [0.1, 0.15) is 32.1 Å². The third kappa shape index (κ3) is 1.62. The Morgan fingerprint density at radius 2 is 2.38 bits per heavy atom. The van der Waals surface area contributed by atoms with Crippen LogP contribution in [0.25, 0.3) is 0 Å². The molecule has 0 aromatic rings. The molecular weight excluding hydrogens is 202 g/mol. The number of carbonyl (C=O) groups excluding carboxylic acids is 1. The van der Waals surface area contributed by atoms with Gasteiger partial charge in [0.15, 0.2) is 0 Å². The van der Waals surface area contributed by atoms with Crippen LogP contribution < -0.4 is 5.32 Å². The van der Waals surface area contributed by atoms with E-state index in [1.165, 1.54) is 0 Å². The van der Waals surface area contributed by atoms with Crippen molar-refractivity contribution in [2.45, 2.75) is 44.2 Å². The molecule has 1 aliphatic heterocycles. The Bertz CT molecular complexity index is 345. The van der Waals surface area contributed by atoms with Crippen LogP contribution in [0.4, 0.5) is 0 Å². The van der Waals surface area contributed by atoms with Gasteiger partial charge in [0.2, 0.25) is 5.91 Å². The lowest BCUT2D eigenvalue weighted by molar-refractivity contribution is -0.124. The Morgan fingerprint density at radius 3 is 2.88 bits per heavy atom. The molecule has 2 saturated carbocycles. The minimum absolute atomic E-state index is 0.0195. The monoisotopic (exact) mass is 219 g/mol. The number of fused-ring (bicyclic) bond motifs is 1. The molecule has 3 aliphatic rings. The van der Waals surface area contributed by atoms with Crippen molar-refractivity contribution in [3.05, 3.63) is 0 Å². The lowest BCUT2D eigenvalue weighted by atomic mass is 10.1. The second kappa shape index (κ2) is 3.49. The summed E-state index contributed by atoms with van der Waals surface area (Å²) in [4.78, 5) is 11.9. The maximum absolute atomic E-state index is 11.9. The van der Waals surface area contributed by atoms with Gasteiger partial charge in [-0.3, -0.25) is 4.79 Å². The summed E-state index contributed by atoms with van der Waals surface area (Å²) in [5.41, 5.74) is 0.0195. The summed E-state index contributed by atoms with van der Waals surface area (Å²) in [6.45, 7) is 0.835. The first-order valence-corrected chi connectivity index (χ1v) is 6.13. The molecule has 2 atom stereocenters. The molecule has 16 heavy (non-hydrogen) atoms. The van der Waals surface area contributed by atoms with Crippen LogP contribution >= 0.6 is 0 Å². The molecule has 0 aromatic carbocycles. The van der Waals surface area contributed by atoms with E-state index in [1.807, 2.05) is 0 Å². The van der Waals surface area contributed by atoms with Gasteiger partial charge < -0.3 is 10.1 Å². The first-order valence-electron chi connectivity index (χ1n) is 6.13. The van der Waals surface area contributed by atoms with Crippen molar-refractivity contribution < 1.29 is 9.53 Å². The van der Waals surface area contributed by atoms with Gasteiger partial charge in [-0.25, -0.2) is 0 Å². The van der Waals surface area contributed by atoms with Gasteiger partial charge in [-0.15, -0.1) is 6.42 Å². The third-order valence-corrected chi connectivity index (χ3v) is 4.16. The molecule has 1 amide bonds. The number of hydrogen-bond donors (Lipinski definition) is 1. The van der Waals surface area contributed by atoms with Crippen molar-refractivity contribution in [1.29, 1.82) is 0 Å². The molecule has 3 heteroatoms. The zero-order valence-electron chi connectivity index (χ0n) is 9.37.